The van der Waals surface area contributed by atoms with E-state index in [0.29, 0.717) is 0 Å². The van der Waals surface area contributed by atoms with Crippen molar-refractivity contribution in [3.8, 4) is 33.9 Å². The Morgan fingerprint density at radius 1 is 0.247 bits per heavy atom. The molecule has 16 aromatic rings. The maximum Gasteiger partial charge on any atom is 0.145 e. The van der Waals surface area contributed by atoms with Crippen molar-refractivity contribution in [1.82, 2.24) is 38.2 Å². The van der Waals surface area contributed by atoms with Crippen LogP contribution < -0.4 is 0 Å². The van der Waals surface area contributed by atoms with Gasteiger partial charge in [-0.1, -0.05) is 121 Å². The van der Waals surface area contributed by atoms with Crippen molar-refractivity contribution in [3.63, 3.8) is 0 Å². The van der Waals surface area contributed by atoms with E-state index in [-0.39, 0.29) is 0 Å². The molecule has 0 aliphatic heterocycles. The third-order valence-electron chi connectivity index (χ3n) is 16.4. The Morgan fingerprint density at radius 2 is 0.506 bits per heavy atom. The third-order valence-corrected chi connectivity index (χ3v) is 16.4. The predicted octanol–water partition coefficient (Wildman–Crippen LogP) is 16.0. The largest absolute Gasteiger partial charge is 0.294 e. The van der Waals surface area contributed by atoms with Crippen molar-refractivity contribution >= 4 is 87.7 Å². The first-order chi connectivity index (χ1) is 38.2. The summed E-state index contributed by atoms with van der Waals surface area (Å²) in [6.45, 7) is 0. The van der Waals surface area contributed by atoms with Gasteiger partial charge in [-0.05, 0) is 143 Å². The van der Waals surface area contributed by atoms with Crippen molar-refractivity contribution in [2.75, 3.05) is 0 Å². The molecule has 0 unspecified atom stereocenters. The highest BCUT2D eigenvalue weighted by Gasteiger charge is 2.47. The smallest absolute Gasteiger partial charge is 0.145 e. The molecule has 17 rings (SSSR count). The van der Waals surface area contributed by atoms with Gasteiger partial charge in [0.25, 0.3) is 0 Å². The number of para-hydroxylation sites is 4. The van der Waals surface area contributed by atoms with Gasteiger partial charge in [0.15, 0.2) is 0 Å². The summed E-state index contributed by atoms with van der Waals surface area (Å²) in [7, 11) is 0. The SMILES string of the molecule is c1ccc2c(c1)-c1ccccc1C2(c1cc(-n2c3ccccc3c3cccnc32)cc(-n2c3ccccc3c3cccnc32)c1)c1cc(-n2c3ccccc3c3cccnc32)cc(-n2c3ccccc3c3cccnc32)c1. The first kappa shape index (κ1) is 42.0. The molecule has 1 aliphatic rings. The van der Waals surface area contributed by atoms with Crippen LogP contribution in [0.3, 0.4) is 0 Å². The zero-order valence-corrected chi connectivity index (χ0v) is 41.3. The topological polar surface area (TPSA) is 71.3 Å². The molecule has 358 valence electrons. The minimum Gasteiger partial charge on any atom is -0.294 e. The lowest BCUT2D eigenvalue weighted by atomic mass is 9.67. The van der Waals surface area contributed by atoms with E-state index >= 15 is 0 Å². The normalized spacial score (nSPS) is 13.0. The van der Waals surface area contributed by atoms with Crippen LogP contribution in [0.25, 0.3) is 122 Å². The average molecular weight is 983 g/mol. The van der Waals surface area contributed by atoms with Gasteiger partial charge in [-0.25, -0.2) is 19.9 Å². The van der Waals surface area contributed by atoms with Crippen LogP contribution in [0.1, 0.15) is 22.3 Å². The number of rotatable bonds is 6. The fraction of sp³-hybridized carbons (Fsp3) is 0.0145. The molecule has 8 heterocycles. The summed E-state index contributed by atoms with van der Waals surface area (Å²) in [5.41, 5.74) is 17.8. The third kappa shape index (κ3) is 5.70. The standard InChI is InChI=1S/C69H42N8/c1-7-27-59-49(17-1)50-18-2-8-28-60(50)69(59,43-37-45(74-61-29-9-3-19-51(61)55-23-13-33-70-65(55)74)41-46(38-43)75-62-30-10-4-20-52(62)56-24-14-34-71-66(56)75)44-39-47(76-63-31-11-5-21-53(63)57-25-15-35-72-67(57)76)42-48(40-44)77-64-32-12-6-22-54(64)58-26-16-36-73-68(58)77/h1-42H. The summed E-state index contributed by atoms with van der Waals surface area (Å²) in [4.78, 5) is 20.7. The van der Waals surface area contributed by atoms with E-state index in [9.17, 15) is 0 Å². The first-order valence-corrected chi connectivity index (χ1v) is 26.1. The fourth-order valence-corrected chi connectivity index (χ4v) is 13.4. The summed E-state index contributed by atoms with van der Waals surface area (Å²) in [6, 6.07) is 84.1. The van der Waals surface area contributed by atoms with E-state index in [1.165, 1.54) is 22.3 Å². The van der Waals surface area contributed by atoms with Gasteiger partial charge in [-0.3, -0.25) is 18.3 Å². The Labute approximate surface area is 440 Å². The van der Waals surface area contributed by atoms with E-state index in [1.54, 1.807) is 0 Å². The second-order valence-electron chi connectivity index (χ2n) is 20.2. The molecule has 0 N–H and O–H groups in total. The van der Waals surface area contributed by atoms with E-state index in [1.807, 2.05) is 49.1 Å². The number of benzene rings is 8. The Morgan fingerprint density at radius 3 is 0.818 bits per heavy atom. The van der Waals surface area contributed by atoms with Crippen molar-refractivity contribution in [2.45, 2.75) is 5.41 Å². The van der Waals surface area contributed by atoms with Gasteiger partial charge in [0.2, 0.25) is 0 Å². The van der Waals surface area contributed by atoms with E-state index in [4.69, 9.17) is 19.9 Å². The van der Waals surface area contributed by atoms with Crippen molar-refractivity contribution in [2.24, 2.45) is 0 Å². The lowest BCUT2D eigenvalue weighted by molar-refractivity contribution is 0.763. The molecule has 0 saturated carbocycles. The van der Waals surface area contributed by atoms with Gasteiger partial charge in [0.1, 0.15) is 22.6 Å². The van der Waals surface area contributed by atoms with Gasteiger partial charge in [-0.2, -0.15) is 0 Å². The number of hydrogen-bond donors (Lipinski definition) is 0. The second-order valence-corrected chi connectivity index (χ2v) is 20.2. The molecule has 8 aromatic carbocycles. The van der Waals surface area contributed by atoms with Gasteiger partial charge in [0.05, 0.1) is 50.2 Å². The second kappa shape index (κ2) is 15.8. The van der Waals surface area contributed by atoms with Crippen LogP contribution >= 0.6 is 0 Å². The number of hydrogen-bond acceptors (Lipinski definition) is 4. The van der Waals surface area contributed by atoms with Gasteiger partial charge < -0.3 is 0 Å². The summed E-state index contributed by atoms with van der Waals surface area (Å²) >= 11 is 0. The highest BCUT2D eigenvalue weighted by Crippen LogP contribution is 2.57. The van der Waals surface area contributed by atoms with Gasteiger partial charge >= 0.3 is 0 Å². The van der Waals surface area contributed by atoms with Gasteiger partial charge in [-0.15, -0.1) is 0 Å². The molecule has 0 radical (unpaired) electrons. The Hall–Kier alpha value is -10.4. The van der Waals surface area contributed by atoms with Crippen molar-refractivity contribution < 1.29 is 0 Å². The van der Waals surface area contributed by atoms with Crippen LogP contribution in [0, 0.1) is 0 Å². The molecular formula is C69H42N8. The quantitative estimate of drug-likeness (QED) is 0.166. The van der Waals surface area contributed by atoms with Crippen molar-refractivity contribution in [3.05, 3.63) is 278 Å². The highest BCUT2D eigenvalue weighted by molar-refractivity contribution is 6.11. The van der Waals surface area contributed by atoms with Crippen LogP contribution in [0.5, 0.6) is 0 Å². The van der Waals surface area contributed by atoms with Crippen LogP contribution in [0.2, 0.25) is 0 Å². The molecule has 0 spiro atoms. The molecule has 0 amide bonds. The molecule has 0 atom stereocenters. The molecule has 8 nitrogen and oxygen atoms in total. The monoisotopic (exact) mass is 982 g/mol. The zero-order chi connectivity index (χ0) is 50.3. The Bertz CT molecular complexity index is 4350. The summed E-state index contributed by atoms with van der Waals surface area (Å²) in [6.07, 6.45) is 7.63. The van der Waals surface area contributed by atoms with Crippen LogP contribution in [0.15, 0.2) is 255 Å². The van der Waals surface area contributed by atoms with Gasteiger partial charge in [0, 0.05) is 67.9 Å². The molecule has 8 heteroatoms. The summed E-state index contributed by atoms with van der Waals surface area (Å²) < 4.78 is 9.42. The molecule has 0 bridgehead atoms. The molecular weight excluding hydrogens is 941 g/mol. The lowest BCUT2D eigenvalue weighted by Gasteiger charge is -2.35. The maximum absolute atomic E-state index is 5.17. The van der Waals surface area contributed by atoms with Crippen LogP contribution in [0.4, 0.5) is 0 Å². The van der Waals surface area contributed by atoms with Crippen LogP contribution in [-0.2, 0) is 5.41 Å². The number of aromatic nitrogens is 8. The molecule has 1 aliphatic carbocycles. The molecule has 77 heavy (non-hydrogen) atoms. The highest BCUT2D eigenvalue weighted by atomic mass is 15.1. The Balaban J connectivity index is 1.08. The molecule has 8 aromatic heterocycles. The Kier molecular flexibility index (Phi) is 8.61. The lowest BCUT2D eigenvalue weighted by Crippen LogP contribution is -2.29. The zero-order valence-electron chi connectivity index (χ0n) is 41.3. The minimum absolute atomic E-state index is 0.889. The van der Waals surface area contributed by atoms with E-state index < -0.39 is 5.41 Å². The fourth-order valence-electron chi connectivity index (χ4n) is 13.4. The molecule has 0 saturated heterocycles. The summed E-state index contributed by atoms with van der Waals surface area (Å²) in [5, 5.41) is 8.95. The minimum atomic E-state index is -0.917. The van der Waals surface area contributed by atoms with Crippen molar-refractivity contribution in [1.29, 1.82) is 0 Å². The van der Waals surface area contributed by atoms with E-state index in [0.717, 1.165) is 122 Å². The maximum atomic E-state index is 5.17. The average Bonchev–Trinajstić information content (AvgIpc) is 4.47. The number of pyridine rings is 4. The first-order valence-electron chi connectivity index (χ1n) is 26.1. The molecule has 0 fully saturated rings. The van der Waals surface area contributed by atoms with Crippen LogP contribution in [-0.4, -0.2) is 38.2 Å². The summed E-state index contributed by atoms with van der Waals surface area (Å²) in [5.74, 6) is 0. The number of nitrogens with zero attached hydrogens (tertiary/aromatic N) is 8. The predicted molar refractivity (Wildman–Crippen MR) is 312 cm³/mol. The number of fused-ring (bicyclic) bond motifs is 15. The van der Waals surface area contributed by atoms with E-state index in [2.05, 4.69) is 225 Å².